The molecule has 5 nitrogen and oxygen atoms in total. The van der Waals surface area contributed by atoms with Gasteiger partial charge in [0.2, 0.25) is 5.91 Å². The number of nitrogens with zero attached hydrogens (tertiary/aromatic N) is 3. The molecule has 0 fully saturated rings. The van der Waals surface area contributed by atoms with E-state index in [-0.39, 0.29) is 5.91 Å². The van der Waals surface area contributed by atoms with Gasteiger partial charge in [0.25, 0.3) is 0 Å². The van der Waals surface area contributed by atoms with E-state index in [1.165, 1.54) is 0 Å². The van der Waals surface area contributed by atoms with Gasteiger partial charge in [-0.05, 0) is 18.9 Å². The summed E-state index contributed by atoms with van der Waals surface area (Å²) < 4.78 is 2.08. The maximum absolute atomic E-state index is 12.3. The van der Waals surface area contributed by atoms with E-state index in [2.05, 4.69) is 9.55 Å². The Morgan fingerprint density at radius 3 is 2.71 bits per heavy atom. The molecular formula is C16H22N4O. The van der Waals surface area contributed by atoms with Crippen LogP contribution in [0.4, 0.5) is 0 Å². The Hall–Kier alpha value is -2.14. The van der Waals surface area contributed by atoms with E-state index in [1.807, 2.05) is 43.5 Å². The highest BCUT2D eigenvalue weighted by atomic mass is 16.2. The van der Waals surface area contributed by atoms with Gasteiger partial charge in [-0.25, -0.2) is 4.98 Å². The van der Waals surface area contributed by atoms with Crippen molar-refractivity contribution >= 4 is 5.91 Å². The minimum atomic E-state index is -0.591. The van der Waals surface area contributed by atoms with Gasteiger partial charge in [-0.1, -0.05) is 30.3 Å². The number of aryl methyl sites for hydroxylation is 2. The van der Waals surface area contributed by atoms with Gasteiger partial charge < -0.3 is 15.2 Å². The van der Waals surface area contributed by atoms with E-state index in [4.69, 9.17) is 5.73 Å². The Bertz CT molecular complexity index is 579. The third-order valence-electron chi connectivity index (χ3n) is 3.62. The van der Waals surface area contributed by atoms with Crippen LogP contribution in [-0.2, 0) is 11.3 Å². The molecule has 1 aromatic carbocycles. The number of hydrogen-bond donors (Lipinski definition) is 1. The van der Waals surface area contributed by atoms with Crippen molar-refractivity contribution < 1.29 is 4.79 Å². The van der Waals surface area contributed by atoms with Gasteiger partial charge in [-0.2, -0.15) is 0 Å². The lowest BCUT2D eigenvalue weighted by molar-refractivity contribution is -0.131. The van der Waals surface area contributed by atoms with Crippen molar-refractivity contribution in [2.75, 3.05) is 13.6 Å². The van der Waals surface area contributed by atoms with Gasteiger partial charge in [-0.15, -0.1) is 0 Å². The molecule has 1 atom stereocenters. The van der Waals surface area contributed by atoms with Crippen LogP contribution in [0.3, 0.4) is 0 Å². The average molecular weight is 286 g/mol. The predicted molar refractivity (Wildman–Crippen MR) is 82.6 cm³/mol. The molecule has 1 heterocycles. The molecule has 0 aliphatic carbocycles. The minimum absolute atomic E-state index is 0.0523. The van der Waals surface area contributed by atoms with Crippen LogP contribution in [-0.4, -0.2) is 34.0 Å². The highest BCUT2D eigenvalue weighted by Gasteiger charge is 2.19. The summed E-state index contributed by atoms with van der Waals surface area (Å²) in [7, 11) is 1.80. The van der Waals surface area contributed by atoms with Crippen LogP contribution >= 0.6 is 0 Å². The predicted octanol–water partition coefficient (Wildman–Crippen LogP) is 1.74. The first-order valence-corrected chi connectivity index (χ1v) is 7.13. The normalized spacial score (nSPS) is 12.1. The van der Waals surface area contributed by atoms with Crippen molar-refractivity contribution in [3.8, 4) is 0 Å². The first-order chi connectivity index (χ1) is 10.1. The molecule has 0 aliphatic heterocycles. The molecular weight excluding hydrogens is 264 g/mol. The zero-order valence-electron chi connectivity index (χ0n) is 12.6. The zero-order valence-corrected chi connectivity index (χ0v) is 12.6. The summed E-state index contributed by atoms with van der Waals surface area (Å²) in [6.45, 7) is 3.50. The Balaban J connectivity index is 1.84. The number of likely N-dealkylation sites (N-methyl/N-ethyl adjacent to an activating group) is 1. The summed E-state index contributed by atoms with van der Waals surface area (Å²) in [5.41, 5.74) is 6.87. The lowest BCUT2D eigenvalue weighted by atomic mass is 10.1. The van der Waals surface area contributed by atoms with Gasteiger partial charge in [0, 0.05) is 32.5 Å². The van der Waals surface area contributed by atoms with E-state index in [1.54, 1.807) is 18.1 Å². The van der Waals surface area contributed by atoms with E-state index < -0.39 is 6.04 Å². The third-order valence-corrected chi connectivity index (χ3v) is 3.62. The fraction of sp³-hybridized carbons (Fsp3) is 0.375. The lowest BCUT2D eigenvalue weighted by Crippen LogP contribution is -2.36. The molecule has 5 heteroatoms. The van der Waals surface area contributed by atoms with Crippen LogP contribution in [0.2, 0.25) is 0 Å². The minimum Gasteiger partial charge on any atom is -0.344 e. The number of amides is 1. The number of carbonyl (C=O) groups excluding carboxylic acids is 1. The number of benzene rings is 1. The number of nitrogens with two attached hydrogens (primary N) is 1. The molecule has 21 heavy (non-hydrogen) atoms. The number of carbonyl (C=O) groups is 1. The standard InChI is InChI=1S/C16H22N4O/c1-13-18-9-12-20(13)11-6-10-19(2)16(21)15(17)14-7-4-3-5-8-14/h3-5,7-9,12,15H,6,10-11,17H2,1-2H3/t15-/m0/s1. The van der Waals surface area contributed by atoms with Crippen LogP contribution in [0.1, 0.15) is 23.9 Å². The van der Waals surface area contributed by atoms with Crippen LogP contribution in [0.25, 0.3) is 0 Å². The Kier molecular flexibility index (Phi) is 5.11. The second-order valence-corrected chi connectivity index (χ2v) is 5.17. The molecule has 2 N–H and O–H groups in total. The molecule has 0 saturated carbocycles. The van der Waals surface area contributed by atoms with Crippen molar-refractivity contribution in [3.63, 3.8) is 0 Å². The molecule has 2 rings (SSSR count). The summed E-state index contributed by atoms with van der Waals surface area (Å²) in [4.78, 5) is 18.2. The number of hydrogen-bond acceptors (Lipinski definition) is 3. The monoisotopic (exact) mass is 286 g/mol. The number of imidazole rings is 1. The Morgan fingerprint density at radius 1 is 1.38 bits per heavy atom. The van der Waals surface area contributed by atoms with Crippen LogP contribution in [0.15, 0.2) is 42.7 Å². The van der Waals surface area contributed by atoms with E-state index in [0.29, 0.717) is 6.54 Å². The summed E-state index contributed by atoms with van der Waals surface area (Å²) >= 11 is 0. The Labute approximate surface area is 125 Å². The van der Waals surface area contributed by atoms with Crippen molar-refractivity contribution in [1.82, 2.24) is 14.5 Å². The fourth-order valence-corrected chi connectivity index (χ4v) is 2.27. The second kappa shape index (κ2) is 7.04. The summed E-state index contributed by atoms with van der Waals surface area (Å²) in [5.74, 6) is 0.938. The number of rotatable bonds is 6. The molecule has 0 spiro atoms. The highest BCUT2D eigenvalue weighted by molar-refractivity contribution is 5.82. The molecule has 0 saturated heterocycles. The van der Waals surface area contributed by atoms with Gasteiger partial charge in [-0.3, -0.25) is 4.79 Å². The van der Waals surface area contributed by atoms with Crippen molar-refractivity contribution in [3.05, 3.63) is 54.1 Å². The van der Waals surface area contributed by atoms with Crippen LogP contribution in [0.5, 0.6) is 0 Å². The van der Waals surface area contributed by atoms with Gasteiger partial charge >= 0.3 is 0 Å². The first kappa shape index (κ1) is 15.3. The fourth-order valence-electron chi connectivity index (χ4n) is 2.27. The second-order valence-electron chi connectivity index (χ2n) is 5.17. The summed E-state index contributed by atoms with van der Waals surface area (Å²) in [5, 5.41) is 0. The van der Waals surface area contributed by atoms with E-state index >= 15 is 0 Å². The van der Waals surface area contributed by atoms with Gasteiger partial charge in [0.05, 0.1) is 0 Å². The summed E-state index contributed by atoms with van der Waals surface area (Å²) in [6, 6.07) is 8.87. The molecule has 2 aromatic rings. The van der Waals surface area contributed by atoms with Gasteiger partial charge in [0.1, 0.15) is 11.9 Å². The van der Waals surface area contributed by atoms with Crippen LogP contribution in [0, 0.1) is 6.92 Å². The lowest BCUT2D eigenvalue weighted by Gasteiger charge is -2.21. The van der Waals surface area contributed by atoms with Crippen molar-refractivity contribution in [1.29, 1.82) is 0 Å². The molecule has 112 valence electrons. The quantitative estimate of drug-likeness (QED) is 0.879. The third kappa shape index (κ3) is 3.92. The zero-order chi connectivity index (χ0) is 15.2. The molecule has 0 aliphatic rings. The van der Waals surface area contributed by atoms with E-state index in [0.717, 1.165) is 24.4 Å². The Morgan fingerprint density at radius 2 is 2.10 bits per heavy atom. The SMILES string of the molecule is Cc1nccn1CCCN(C)C(=O)[C@@H](N)c1ccccc1. The molecule has 1 aromatic heterocycles. The van der Waals surface area contributed by atoms with Gasteiger partial charge in [0.15, 0.2) is 0 Å². The van der Waals surface area contributed by atoms with Crippen molar-refractivity contribution in [2.45, 2.75) is 25.9 Å². The number of aromatic nitrogens is 2. The topological polar surface area (TPSA) is 64.2 Å². The van der Waals surface area contributed by atoms with Crippen LogP contribution < -0.4 is 5.73 Å². The largest absolute Gasteiger partial charge is 0.344 e. The maximum Gasteiger partial charge on any atom is 0.243 e. The molecule has 0 bridgehead atoms. The van der Waals surface area contributed by atoms with Crippen molar-refractivity contribution in [2.24, 2.45) is 5.73 Å². The summed E-state index contributed by atoms with van der Waals surface area (Å²) in [6.07, 6.45) is 4.61. The highest BCUT2D eigenvalue weighted by Crippen LogP contribution is 2.12. The molecule has 1 amide bonds. The average Bonchev–Trinajstić information content (AvgIpc) is 2.92. The smallest absolute Gasteiger partial charge is 0.243 e. The van der Waals surface area contributed by atoms with E-state index in [9.17, 15) is 4.79 Å². The molecule has 0 radical (unpaired) electrons. The maximum atomic E-state index is 12.3. The first-order valence-electron chi connectivity index (χ1n) is 7.13. The molecule has 0 unspecified atom stereocenters.